The first-order chi connectivity index (χ1) is 10.1. The Labute approximate surface area is 126 Å². The van der Waals surface area contributed by atoms with Gasteiger partial charge in [-0.3, -0.25) is 9.80 Å². The molecule has 2 heterocycles. The van der Waals surface area contributed by atoms with Crippen LogP contribution in [0.3, 0.4) is 0 Å². The second-order valence-corrected chi connectivity index (χ2v) is 6.69. The molecule has 4 heteroatoms. The summed E-state index contributed by atoms with van der Waals surface area (Å²) in [6, 6.07) is 7.16. The molecule has 21 heavy (non-hydrogen) atoms. The standard InChI is InChI=1S/C17H25FN2O/c1-17(21)8-11-19(12-14-6-2-3-7-15(14)18)13-16(17)20-9-4-5-10-20/h2-3,6-7,16,21H,4-5,8-13H2,1H3/t16-,17-/m1/s1. The van der Waals surface area contributed by atoms with Crippen molar-refractivity contribution >= 4 is 0 Å². The second-order valence-electron chi connectivity index (χ2n) is 6.69. The molecular weight excluding hydrogens is 267 g/mol. The van der Waals surface area contributed by atoms with E-state index in [-0.39, 0.29) is 11.9 Å². The Kier molecular flexibility index (Phi) is 4.29. The van der Waals surface area contributed by atoms with Gasteiger partial charge in [0.15, 0.2) is 0 Å². The van der Waals surface area contributed by atoms with Crippen LogP contribution in [0.15, 0.2) is 24.3 Å². The summed E-state index contributed by atoms with van der Waals surface area (Å²) in [7, 11) is 0. The monoisotopic (exact) mass is 292 g/mol. The molecule has 0 aliphatic carbocycles. The first-order valence-electron chi connectivity index (χ1n) is 7.98. The SMILES string of the molecule is C[C@@]1(O)CCN(Cc2ccccc2F)C[C@H]1N1CCCC1. The van der Waals surface area contributed by atoms with Crippen molar-refractivity contribution in [2.45, 2.75) is 44.4 Å². The summed E-state index contributed by atoms with van der Waals surface area (Å²) in [6.45, 7) is 6.39. The highest BCUT2D eigenvalue weighted by molar-refractivity contribution is 5.17. The quantitative estimate of drug-likeness (QED) is 0.925. The number of halogens is 1. The normalized spacial score (nSPS) is 31.7. The number of likely N-dealkylation sites (tertiary alicyclic amines) is 2. The highest BCUT2D eigenvalue weighted by Crippen LogP contribution is 2.29. The van der Waals surface area contributed by atoms with Crippen LogP contribution in [0.5, 0.6) is 0 Å². The minimum Gasteiger partial charge on any atom is -0.388 e. The van der Waals surface area contributed by atoms with Crippen LogP contribution < -0.4 is 0 Å². The lowest BCUT2D eigenvalue weighted by molar-refractivity contribution is -0.0777. The van der Waals surface area contributed by atoms with Gasteiger partial charge in [0, 0.05) is 25.2 Å². The van der Waals surface area contributed by atoms with E-state index >= 15 is 0 Å². The number of piperidine rings is 1. The molecule has 0 amide bonds. The highest BCUT2D eigenvalue weighted by Gasteiger charge is 2.41. The van der Waals surface area contributed by atoms with Crippen LogP contribution in [0, 0.1) is 5.82 Å². The van der Waals surface area contributed by atoms with E-state index in [0.717, 1.165) is 38.2 Å². The lowest BCUT2D eigenvalue weighted by Crippen LogP contribution is -2.60. The van der Waals surface area contributed by atoms with Crippen LogP contribution in [0.1, 0.15) is 31.7 Å². The Morgan fingerprint density at radius 2 is 1.95 bits per heavy atom. The smallest absolute Gasteiger partial charge is 0.127 e. The van der Waals surface area contributed by atoms with Crippen molar-refractivity contribution in [1.82, 2.24) is 9.80 Å². The van der Waals surface area contributed by atoms with Crippen molar-refractivity contribution in [1.29, 1.82) is 0 Å². The van der Waals surface area contributed by atoms with Crippen LogP contribution in [0.4, 0.5) is 4.39 Å². The van der Waals surface area contributed by atoms with Crippen molar-refractivity contribution in [3.8, 4) is 0 Å². The van der Waals surface area contributed by atoms with Gasteiger partial charge in [-0.05, 0) is 45.3 Å². The minimum atomic E-state index is -0.629. The molecule has 0 radical (unpaired) electrons. The first-order valence-corrected chi connectivity index (χ1v) is 7.98. The van der Waals surface area contributed by atoms with E-state index in [1.54, 1.807) is 6.07 Å². The molecule has 0 saturated carbocycles. The van der Waals surface area contributed by atoms with Gasteiger partial charge < -0.3 is 5.11 Å². The van der Waals surface area contributed by atoms with E-state index in [1.807, 2.05) is 19.1 Å². The van der Waals surface area contributed by atoms with Crippen LogP contribution in [-0.4, -0.2) is 52.7 Å². The van der Waals surface area contributed by atoms with E-state index in [9.17, 15) is 9.50 Å². The molecule has 3 nitrogen and oxygen atoms in total. The van der Waals surface area contributed by atoms with Gasteiger partial charge in [0.1, 0.15) is 5.82 Å². The van der Waals surface area contributed by atoms with Crippen LogP contribution >= 0.6 is 0 Å². The zero-order valence-corrected chi connectivity index (χ0v) is 12.8. The molecule has 1 aromatic rings. The molecule has 1 aromatic carbocycles. The Morgan fingerprint density at radius 1 is 1.24 bits per heavy atom. The number of hydrogen-bond donors (Lipinski definition) is 1. The maximum atomic E-state index is 13.8. The molecule has 0 bridgehead atoms. The molecule has 2 atom stereocenters. The predicted octanol–water partition coefficient (Wildman–Crippen LogP) is 2.25. The number of benzene rings is 1. The van der Waals surface area contributed by atoms with E-state index < -0.39 is 5.60 Å². The molecule has 116 valence electrons. The fraction of sp³-hybridized carbons (Fsp3) is 0.647. The number of nitrogens with zero attached hydrogens (tertiary/aromatic N) is 2. The molecule has 3 rings (SSSR count). The minimum absolute atomic E-state index is 0.132. The molecule has 2 aliphatic heterocycles. The van der Waals surface area contributed by atoms with Gasteiger partial charge in [-0.15, -0.1) is 0 Å². The fourth-order valence-electron chi connectivity index (χ4n) is 3.66. The molecule has 2 fully saturated rings. The molecule has 2 saturated heterocycles. The van der Waals surface area contributed by atoms with Gasteiger partial charge in [-0.25, -0.2) is 4.39 Å². The second kappa shape index (κ2) is 6.03. The average Bonchev–Trinajstić information content (AvgIpc) is 2.97. The third kappa shape index (κ3) is 3.28. The van der Waals surface area contributed by atoms with E-state index in [1.165, 1.54) is 18.9 Å². The summed E-state index contributed by atoms with van der Waals surface area (Å²) in [5.74, 6) is -0.132. The number of rotatable bonds is 3. The number of aliphatic hydroxyl groups is 1. The maximum Gasteiger partial charge on any atom is 0.127 e. The molecule has 0 aromatic heterocycles. The third-order valence-electron chi connectivity index (χ3n) is 5.02. The molecule has 0 unspecified atom stereocenters. The van der Waals surface area contributed by atoms with Crippen molar-refractivity contribution in [2.24, 2.45) is 0 Å². The molecule has 0 spiro atoms. The van der Waals surface area contributed by atoms with Crippen molar-refractivity contribution in [3.05, 3.63) is 35.6 Å². The van der Waals surface area contributed by atoms with E-state index in [0.29, 0.717) is 6.54 Å². The van der Waals surface area contributed by atoms with Gasteiger partial charge in [0.2, 0.25) is 0 Å². The Bertz CT molecular complexity index is 485. The Balaban J connectivity index is 1.69. The van der Waals surface area contributed by atoms with Crippen LogP contribution in [0.25, 0.3) is 0 Å². The van der Waals surface area contributed by atoms with Crippen LogP contribution in [-0.2, 0) is 6.54 Å². The van der Waals surface area contributed by atoms with Crippen molar-refractivity contribution in [2.75, 3.05) is 26.2 Å². The van der Waals surface area contributed by atoms with Gasteiger partial charge in [-0.2, -0.15) is 0 Å². The molecule has 2 aliphatic rings. The van der Waals surface area contributed by atoms with Gasteiger partial charge in [0.25, 0.3) is 0 Å². The Hall–Kier alpha value is -0.970. The summed E-state index contributed by atoms with van der Waals surface area (Å²) in [4.78, 5) is 4.69. The number of hydrogen-bond acceptors (Lipinski definition) is 3. The highest BCUT2D eigenvalue weighted by atomic mass is 19.1. The third-order valence-corrected chi connectivity index (χ3v) is 5.02. The van der Waals surface area contributed by atoms with Crippen molar-refractivity contribution < 1.29 is 9.50 Å². The van der Waals surface area contributed by atoms with E-state index in [2.05, 4.69) is 9.80 Å². The summed E-state index contributed by atoms with van der Waals surface area (Å²) < 4.78 is 13.8. The van der Waals surface area contributed by atoms with Gasteiger partial charge in [0.05, 0.1) is 11.6 Å². The lowest BCUT2D eigenvalue weighted by atomic mass is 9.87. The average molecular weight is 292 g/mol. The fourth-order valence-corrected chi connectivity index (χ4v) is 3.66. The largest absolute Gasteiger partial charge is 0.388 e. The maximum absolute atomic E-state index is 13.8. The Morgan fingerprint density at radius 3 is 2.67 bits per heavy atom. The van der Waals surface area contributed by atoms with Crippen molar-refractivity contribution in [3.63, 3.8) is 0 Å². The summed E-state index contributed by atoms with van der Waals surface area (Å²) in [6.07, 6.45) is 3.20. The lowest BCUT2D eigenvalue weighted by Gasteiger charge is -2.46. The van der Waals surface area contributed by atoms with Gasteiger partial charge >= 0.3 is 0 Å². The molecular formula is C17H25FN2O. The topological polar surface area (TPSA) is 26.7 Å². The first kappa shape index (κ1) is 14.9. The van der Waals surface area contributed by atoms with Crippen LogP contribution in [0.2, 0.25) is 0 Å². The van der Waals surface area contributed by atoms with E-state index in [4.69, 9.17) is 0 Å². The molecule has 1 N–H and O–H groups in total. The zero-order chi connectivity index (χ0) is 14.9. The summed E-state index contributed by atoms with van der Waals surface area (Å²) >= 11 is 0. The predicted molar refractivity (Wildman–Crippen MR) is 81.5 cm³/mol. The van der Waals surface area contributed by atoms with Gasteiger partial charge in [-0.1, -0.05) is 18.2 Å². The summed E-state index contributed by atoms with van der Waals surface area (Å²) in [5.41, 5.74) is 0.120. The summed E-state index contributed by atoms with van der Waals surface area (Å²) in [5, 5.41) is 10.7. The zero-order valence-electron chi connectivity index (χ0n) is 12.8.